The zero-order valence-corrected chi connectivity index (χ0v) is 45.0. The lowest BCUT2D eigenvalue weighted by molar-refractivity contribution is 1.14. The van der Waals surface area contributed by atoms with Crippen LogP contribution in [0.2, 0.25) is 0 Å². The van der Waals surface area contributed by atoms with Crippen molar-refractivity contribution in [2.45, 2.75) is 54.4 Å². The summed E-state index contributed by atoms with van der Waals surface area (Å²) in [6.45, 7) is 13.4. The highest BCUT2D eigenvalue weighted by Crippen LogP contribution is 2.53. The van der Waals surface area contributed by atoms with Crippen molar-refractivity contribution in [3.8, 4) is 22.3 Å². The lowest BCUT2D eigenvalue weighted by Crippen LogP contribution is -2.12. The van der Waals surface area contributed by atoms with E-state index in [0.29, 0.717) is 0 Å². The number of para-hydroxylation sites is 2. The van der Waals surface area contributed by atoms with Crippen molar-refractivity contribution in [2.24, 2.45) is 0 Å². The zero-order valence-electron chi connectivity index (χ0n) is 45.0. The molecule has 374 valence electrons. The van der Waals surface area contributed by atoms with Crippen LogP contribution in [0.3, 0.4) is 0 Å². The molecule has 4 nitrogen and oxygen atoms in total. The molecular formula is C74H58N4. The molecule has 4 heterocycles. The molecule has 15 rings (SSSR count). The van der Waals surface area contributed by atoms with Gasteiger partial charge >= 0.3 is 0 Å². The van der Waals surface area contributed by atoms with Crippen LogP contribution in [0.5, 0.6) is 0 Å². The third-order valence-corrected chi connectivity index (χ3v) is 16.8. The second kappa shape index (κ2) is 17.6. The quantitative estimate of drug-likeness (QED) is 0.136. The van der Waals surface area contributed by atoms with Gasteiger partial charge in [0.05, 0.1) is 55.8 Å². The molecule has 0 saturated heterocycles. The van der Waals surface area contributed by atoms with Gasteiger partial charge in [-0.25, -0.2) is 0 Å². The second-order valence-corrected chi connectivity index (χ2v) is 21.8. The maximum absolute atomic E-state index is 2.57. The summed E-state index contributed by atoms with van der Waals surface area (Å²) in [6.07, 6.45) is 1.92. The van der Waals surface area contributed by atoms with E-state index in [9.17, 15) is 0 Å². The molecule has 0 amide bonds. The van der Waals surface area contributed by atoms with Crippen molar-refractivity contribution in [1.82, 2.24) is 8.80 Å². The summed E-state index contributed by atoms with van der Waals surface area (Å²) in [4.78, 5) is 5.08. The van der Waals surface area contributed by atoms with Crippen molar-refractivity contribution in [1.29, 1.82) is 0 Å². The third-order valence-electron chi connectivity index (χ3n) is 16.8. The van der Waals surface area contributed by atoms with Gasteiger partial charge in [-0.2, -0.15) is 0 Å². The minimum atomic E-state index is 0.961. The number of aryl methyl sites for hydroxylation is 6. The molecule has 0 unspecified atom stereocenters. The van der Waals surface area contributed by atoms with Crippen LogP contribution >= 0.6 is 0 Å². The van der Waals surface area contributed by atoms with E-state index in [1.807, 2.05) is 0 Å². The van der Waals surface area contributed by atoms with Gasteiger partial charge in [-0.3, -0.25) is 0 Å². The number of rotatable bonds is 10. The van der Waals surface area contributed by atoms with E-state index in [4.69, 9.17) is 0 Å². The van der Waals surface area contributed by atoms with E-state index >= 15 is 0 Å². The van der Waals surface area contributed by atoms with E-state index in [1.54, 1.807) is 0 Å². The molecule has 0 radical (unpaired) electrons. The Hall–Kier alpha value is -9.38. The fourth-order valence-electron chi connectivity index (χ4n) is 13.5. The Morgan fingerprint density at radius 3 is 1.08 bits per heavy atom. The van der Waals surface area contributed by atoms with E-state index in [1.165, 1.54) is 143 Å². The van der Waals surface area contributed by atoms with Gasteiger partial charge in [0.15, 0.2) is 0 Å². The fourth-order valence-corrected chi connectivity index (χ4v) is 13.5. The van der Waals surface area contributed by atoms with Gasteiger partial charge in [-0.1, -0.05) is 147 Å². The summed E-state index contributed by atoms with van der Waals surface area (Å²) in [5, 5.41) is 10.0. The maximum atomic E-state index is 2.57. The van der Waals surface area contributed by atoms with Crippen LogP contribution < -0.4 is 9.80 Å². The number of anilines is 6. The Bertz CT molecular complexity index is 4510. The fraction of sp³-hybridized carbons (Fsp3) is 0.108. The molecule has 0 aliphatic heterocycles. The highest BCUT2D eigenvalue weighted by atomic mass is 15.2. The van der Waals surface area contributed by atoms with Gasteiger partial charge < -0.3 is 18.6 Å². The summed E-state index contributed by atoms with van der Waals surface area (Å²) >= 11 is 0. The van der Waals surface area contributed by atoms with Crippen molar-refractivity contribution in [2.75, 3.05) is 9.80 Å². The Labute approximate surface area is 454 Å². The number of benzene rings is 11. The van der Waals surface area contributed by atoms with Crippen molar-refractivity contribution < 1.29 is 0 Å². The van der Waals surface area contributed by atoms with Crippen LogP contribution in [0, 0.1) is 27.7 Å². The lowest BCUT2D eigenvalue weighted by atomic mass is 9.97. The molecule has 11 aromatic carbocycles. The van der Waals surface area contributed by atoms with Gasteiger partial charge in [0, 0.05) is 65.6 Å². The molecule has 4 aromatic heterocycles. The monoisotopic (exact) mass is 1000 g/mol. The van der Waals surface area contributed by atoms with Crippen LogP contribution in [0.1, 0.15) is 47.2 Å². The zero-order chi connectivity index (χ0) is 52.5. The predicted octanol–water partition coefficient (Wildman–Crippen LogP) is 20.6. The molecule has 0 fully saturated rings. The first kappa shape index (κ1) is 46.0. The number of nitrogens with zero attached hydrogens (tertiary/aromatic N) is 4. The van der Waals surface area contributed by atoms with E-state index in [0.717, 1.165) is 35.6 Å². The average molecular weight is 1000 g/mol. The summed E-state index contributed by atoms with van der Waals surface area (Å²) in [6, 6.07) is 82.7. The van der Waals surface area contributed by atoms with Crippen LogP contribution in [0.15, 0.2) is 218 Å². The van der Waals surface area contributed by atoms with Crippen LogP contribution in [-0.4, -0.2) is 8.80 Å². The van der Waals surface area contributed by atoms with Crippen LogP contribution in [0.4, 0.5) is 34.1 Å². The molecule has 0 aliphatic carbocycles. The van der Waals surface area contributed by atoms with Gasteiger partial charge in [-0.05, 0) is 170 Å². The Kier molecular flexibility index (Phi) is 10.4. The van der Waals surface area contributed by atoms with Crippen molar-refractivity contribution in [3.63, 3.8) is 0 Å². The molecular weight excluding hydrogens is 945 g/mol. The second-order valence-electron chi connectivity index (χ2n) is 21.8. The van der Waals surface area contributed by atoms with Gasteiger partial charge in [0.25, 0.3) is 0 Å². The summed E-state index contributed by atoms with van der Waals surface area (Å²) < 4.78 is 5.14. The Morgan fingerprint density at radius 2 is 0.679 bits per heavy atom. The first-order valence-corrected chi connectivity index (χ1v) is 27.7. The average Bonchev–Trinajstić information content (AvgIpc) is 4.24. The highest BCUT2D eigenvalue weighted by Gasteiger charge is 2.30. The largest absolute Gasteiger partial charge is 0.309 e. The normalized spacial score (nSPS) is 12.1. The molecule has 0 bridgehead atoms. The van der Waals surface area contributed by atoms with Gasteiger partial charge in [0.2, 0.25) is 0 Å². The Morgan fingerprint density at radius 1 is 0.308 bits per heavy atom. The molecule has 78 heavy (non-hydrogen) atoms. The minimum absolute atomic E-state index is 0.961. The molecule has 4 heteroatoms. The van der Waals surface area contributed by atoms with Crippen LogP contribution in [-0.2, 0) is 12.8 Å². The van der Waals surface area contributed by atoms with E-state index in [-0.39, 0.29) is 0 Å². The summed E-state index contributed by atoms with van der Waals surface area (Å²) in [7, 11) is 0. The molecule has 0 atom stereocenters. The molecule has 0 saturated carbocycles. The number of hydrogen-bond acceptors (Lipinski definition) is 2. The third kappa shape index (κ3) is 6.85. The number of hydrogen-bond donors (Lipinski definition) is 0. The summed E-state index contributed by atoms with van der Waals surface area (Å²) in [5.41, 5.74) is 26.8. The molecule has 0 spiro atoms. The van der Waals surface area contributed by atoms with Gasteiger partial charge in [-0.15, -0.1) is 0 Å². The standard InChI is InChI=1S/C74H58N4/c1-7-49-27-31-65(59(41-49)51-19-11-9-12-20-51)75(53-37-45(3)35-46(4)38-53)67-33-29-55-61-43-70-62(44-69(61)77-63-25-17-15-23-57(63)71(67)73(55)77)56-30-34-68(72-58-24-16-18-26-64(58)78(70)74(56)72)76(54-39-47(5)36-48(6)40-54)66-32-28-50(8-2)42-60(66)52-21-13-10-14-22-52/h9-44H,7-8H2,1-6H3. The summed E-state index contributed by atoms with van der Waals surface area (Å²) in [5.74, 6) is 0. The number of aromatic nitrogens is 2. The predicted molar refractivity (Wildman–Crippen MR) is 334 cm³/mol. The van der Waals surface area contributed by atoms with Crippen LogP contribution in [0.25, 0.3) is 98.4 Å². The van der Waals surface area contributed by atoms with E-state index in [2.05, 4.69) is 279 Å². The molecule has 0 aliphatic rings. The topological polar surface area (TPSA) is 15.3 Å². The Balaban J connectivity index is 1.02. The van der Waals surface area contributed by atoms with Crippen molar-refractivity contribution in [3.05, 3.63) is 252 Å². The molecule has 15 aromatic rings. The van der Waals surface area contributed by atoms with Gasteiger partial charge in [0.1, 0.15) is 0 Å². The highest BCUT2D eigenvalue weighted by molar-refractivity contribution is 6.32. The minimum Gasteiger partial charge on any atom is -0.309 e. The maximum Gasteiger partial charge on any atom is 0.0641 e. The first-order valence-electron chi connectivity index (χ1n) is 27.7. The molecule has 0 N–H and O–H groups in total. The lowest BCUT2D eigenvalue weighted by Gasteiger charge is -2.30. The van der Waals surface area contributed by atoms with E-state index < -0.39 is 0 Å². The SMILES string of the molecule is CCc1ccc(N(c2cc(C)cc(C)c2)c2ccc3c4cc5c(cc4n4c6ccccc6c2c34)c2ccc(N(c3cc(C)cc(C)c3)c3ccc(CC)cc3-c3ccccc3)c3c4ccccc4n5c23)c(-c2ccccc2)c1. The number of fused-ring (bicyclic) bond motifs is 12. The first-order chi connectivity index (χ1) is 38.2. The van der Waals surface area contributed by atoms with Crippen molar-refractivity contribution >= 4 is 110 Å². The smallest absolute Gasteiger partial charge is 0.0641 e.